The molecule has 19 heavy (non-hydrogen) atoms. The van der Waals surface area contributed by atoms with E-state index in [0.717, 1.165) is 32.5 Å². The van der Waals surface area contributed by atoms with Crippen molar-refractivity contribution in [3.63, 3.8) is 0 Å². The summed E-state index contributed by atoms with van der Waals surface area (Å²) in [6.45, 7) is 11.5. The van der Waals surface area contributed by atoms with Crippen molar-refractivity contribution in [1.82, 2.24) is 14.7 Å². The second kappa shape index (κ2) is 5.63. The normalized spacial score (nSPS) is 20.7. The van der Waals surface area contributed by atoms with Crippen molar-refractivity contribution in [2.24, 2.45) is 5.92 Å². The third kappa shape index (κ3) is 3.80. The second-order valence-electron chi connectivity index (χ2n) is 6.82. The summed E-state index contributed by atoms with van der Waals surface area (Å²) in [6, 6.07) is 0. The predicted octanol–water partition coefficient (Wildman–Crippen LogP) is 2.23. The van der Waals surface area contributed by atoms with Crippen LogP contribution in [0.4, 0.5) is 0 Å². The number of rotatable bonds is 3. The number of nitrogens with zero attached hydrogens (tertiary/aromatic N) is 3. The number of aliphatic hydroxyl groups excluding tert-OH is 1. The Bertz CT molecular complexity index is 398. The van der Waals surface area contributed by atoms with Crippen LogP contribution in [0.5, 0.6) is 0 Å². The van der Waals surface area contributed by atoms with E-state index in [2.05, 4.69) is 37.0 Å². The van der Waals surface area contributed by atoms with Gasteiger partial charge < -0.3 is 5.11 Å². The van der Waals surface area contributed by atoms with Gasteiger partial charge in [0.1, 0.15) is 0 Å². The van der Waals surface area contributed by atoms with Crippen LogP contribution in [-0.2, 0) is 12.1 Å². The summed E-state index contributed by atoms with van der Waals surface area (Å²) in [4.78, 5) is 2.46. The Morgan fingerprint density at radius 3 is 2.47 bits per heavy atom. The van der Waals surface area contributed by atoms with E-state index in [0.29, 0.717) is 5.92 Å². The molecule has 1 aliphatic rings. The molecule has 2 heterocycles. The summed E-state index contributed by atoms with van der Waals surface area (Å²) in [6.07, 6.45) is 6.17. The van der Waals surface area contributed by atoms with Gasteiger partial charge >= 0.3 is 0 Å². The highest BCUT2D eigenvalue weighted by Gasteiger charge is 2.23. The predicted molar refractivity (Wildman–Crippen MR) is 76.9 cm³/mol. The minimum Gasteiger partial charge on any atom is -0.393 e. The van der Waals surface area contributed by atoms with Crippen LogP contribution in [0.1, 0.15) is 46.1 Å². The van der Waals surface area contributed by atoms with Gasteiger partial charge in [0.2, 0.25) is 0 Å². The van der Waals surface area contributed by atoms with Gasteiger partial charge in [-0.25, -0.2) is 0 Å². The second-order valence-corrected chi connectivity index (χ2v) is 6.82. The number of hydrogen-bond acceptors (Lipinski definition) is 3. The maximum atomic E-state index is 9.61. The van der Waals surface area contributed by atoms with Crippen LogP contribution in [-0.4, -0.2) is 39.0 Å². The largest absolute Gasteiger partial charge is 0.393 e. The van der Waals surface area contributed by atoms with Crippen molar-refractivity contribution < 1.29 is 5.11 Å². The summed E-state index contributed by atoms with van der Waals surface area (Å²) >= 11 is 0. The topological polar surface area (TPSA) is 41.3 Å². The zero-order chi connectivity index (χ0) is 14.0. The number of piperidine rings is 1. The first-order valence-corrected chi connectivity index (χ1v) is 7.30. The van der Waals surface area contributed by atoms with Gasteiger partial charge in [-0.05, 0) is 59.5 Å². The van der Waals surface area contributed by atoms with Crippen LogP contribution in [0.25, 0.3) is 0 Å². The maximum Gasteiger partial charge on any atom is 0.0543 e. The van der Waals surface area contributed by atoms with Gasteiger partial charge in [0, 0.05) is 18.3 Å². The molecule has 1 aromatic heterocycles. The van der Waals surface area contributed by atoms with Gasteiger partial charge in [-0.15, -0.1) is 0 Å². The SMILES string of the molecule is CC(O)C1CCN(Cc2cnn(C(C)(C)C)c2)CC1. The highest BCUT2D eigenvalue weighted by Crippen LogP contribution is 2.22. The molecular weight excluding hydrogens is 238 g/mol. The van der Waals surface area contributed by atoms with E-state index in [1.165, 1.54) is 5.56 Å². The average Bonchev–Trinajstić information content (AvgIpc) is 2.78. The standard InChI is InChI=1S/C15H27N3O/c1-12(19)14-5-7-17(8-6-14)10-13-9-16-18(11-13)15(2,3)4/h9,11-12,14,19H,5-8,10H2,1-4H3. The van der Waals surface area contributed by atoms with Crippen molar-refractivity contribution >= 4 is 0 Å². The minimum atomic E-state index is -0.161. The first-order chi connectivity index (χ1) is 8.86. The molecule has 1 atom stereocenters. The molecule has 1 aromatic rings. The van der Waals surface area contributed by atoms with Crippen molar-refractivity contribution in [2.75, 3.05) is 13.1 Å². The van der Waals surface area contributed by atoms with Crippen LogP contribution in [0.3, 0.4) is 0 Å². The zero-order valence-corrected chi connectivity index (χ0v) is 12.6. The Labute approximate surface area is 116 Å². The minimum absolute atomic E-state index is 0.0531. The van der Waals surface area contributed by atoms with E-state index < -0.39 is 0 Å². The number of likely N-dealkylation sites (tertiary alicyclic amines) is 1. The van der Waals surface area contributed by atoms with Crippen LogP contribution >= 0.6 is 0 Å². The lowest BCUT2D eigenvalue weighted by Crippen LogP contribution is -2.36. The molecule has 0 saturated carbocycles. The molecule has 1 fully saturated rings. The molecule has 1 N–H and O–H groups in total. The molecule has 1 unspecified atom stereocenters. The third-order valence-corrected chi connectivity index (χ3v) is 4.04. The summed E-state index contributed by atoms with van der Waals surface area (Å²) in [5.41, 5.74) is 1.34. The summed E-state index contributed by atoms with van der Waals surface area (Å²) < 4.78 is 2.03. The lowest BCUT2D eigenvalue weighted by Gasteiger charge is -2.32. The first-order valence-electron chi connectivity index (χ1n) is 7.30. The van der Waals surface area contributed by atoms with Crippen LogP contribution in [0, 0.1) is 5.92 Å². The molecule has 4 heteroatoms. The Hall–Kier alpha value is -0.870. The number of hydrogen-bond donors (Lipinski definition) is 1. The Kier molecular flexibility index (Phi) is 4.31. The molecule has 4 nitrogen and oxygen atoms in total. The molecule has 108 valence electrons. The quantitative estimate of drug-likeness (QED) is 0.911. The van der Waals surface area contributed by atoms with Gasteiger partial charge in [0.05, 0.1) is 17.8 Å². The van der Waals surface area contributed by atoms with Gasteiger partial charge in [-0.1, -0.05) is 0 Å². The highest BCUT2D eigenvalue weighted by atomic mass is 16.3. The molecule has 0 spiro atoms. The van der Waals surface area contributed by atoms with Crippen LogP contribution in [0.15, 0.2) is 12.4 Å². The molecule has 0 aliphatic carbocycles. The Balaban J connectivity index is 1.87. The highest BCUT2D eigenvalue weighted by molar-refractivity contribution is 5.05. The van der Waals surface area contributed by atoms with Crippen LogP contribution < -0.4 is 0 Å². The van der Waals surface area contributed by atoms with E-state index in [1.54, 1.807) is 0 Å². The van der Waals surface area contributed by atoms with Gasteiger partial charge in [-0.2, -0.15) is 5.10 Å². The monoisotopic (exact) mass is 265 g/mol. The maximum absolute atomic E-state index is 9.61. The molecular formula is C15H27N3O. The molecule has 0 amide bonds. The lowest BCUT2D eigenvalue weighted by atomic mass is 9.92. The zero-order valence-electron chi connectivity index (χ0n) is 12.6. The van der Waals surface area contributed by atoms with Crippen molar-refractivity contribution in [1.29, 1.82) is 0 Å². The molecule has 1 aliphatic heterocycles. The fraction of sp³-hybridized carbons (Fsp3) is 0.800. The Morgan fingerprint density at radius 1 is 1.37 bits per heavy atom. The van der Waals surface area contributed by atoms with E-state index in [1.807, 2.05) is 17.8 Å². The number of aromatic nitrogens is 2. The molecule has 0 radical (unpaired) electrons. The van der Waals surface area contributed by atoms with Crippen molar-refractivity contribution in [3.05, 3.63) is 18.0 Å². The van der Waals surface area contributed by atoms with E-state index in [9.17, 15) is 5.11 Å². The Morgan fingerprint density at radius 2 is 2.00 bits per heavy atom. The average molecular weight is 265 g/mol. The fourth-order valence-electron chi connectivity index (χ4n) is 2.66. The van der Waals surface area contributed by atoms with E-state index >= 15 is 0 Å². The van der Waals surface area contributed by atoms with Gasteiger partial charge in [0.25, 0.3) is 0 Å². The van der Waals surface area contributed by atoms with E-state index in [4.69, 9.17) is 0 Å². The first kappa shape index (κ1) is 14.5. The van der Waals surface area contributed by atoms with Gasteiger partial charge in [-0.3, -0.25) is 9.58 Å². The molecule has 0 bridgehead atoms. The van der Waals surface area contributed by atoms with Crippen LogP contribution in [0.2, 0.25) is 0 Å². The fourth-order valence-corrected chi connectivity index (χ4v) is 2.66. The molecule has 1 saturated heterocycles. The summed E-state index contributed by atoms with van der Waals surface area (Å²) in [5.74, 6) is 0.480. The van der Waals surface area contributed by atoms with Crippen molar-refractivity contribution in [3.8, 4) is 0 Å². The summed E-state index contributed by atoms with van der Waals surface area (Å²) in [5, 5.41) is 14.1. The third-order valence-electron chi connectivity index (χ3n) is 4.04. The lowest BCUT2D eigenvalue weighted by molar-refractivity contribution is 0.0695. The van der Waals surface area contributed by atoms with Gasteiger partial charge in [0.15, 0.2) is 0 Å². The summed E-state index contributed by atoms with van der Waals surface area (Å²) in [7, 11) is 0. The number of aliphatic hydroxyl groups is 1. The van der Waals surface area contributed by atoms with Crippen molar-refractivity contribution in [2.45, 2.75) is 58.7 Å². The van der Waals surface area contributed by atoms with E-state index in [-0.39, 0.29) is 11.6 Å². The molecule has 2 rings (SSSR count). The molecule has 0 aromatic carbocycles. The smallest absolute Gasteiger partial charge is 0.0543 e.